The molecule has 0 aliphatic heterocycles. The van der Waals surface area contributed by atoms with Crippen molar-refractivity contribution in [3.05, 3.63) is 52.9 Å². The molecule has 1 atom stereocenters. The fourth-order valence-electron chi connectivity index (χ4n) is 2.85. The van der Waals surface area contributed by atoms with Crippen molar-refractivity contribution in [3.8, 4) is 10.4 Å². The highest BCUT2D eigenvalue weighted by Crippen LogP contribution is 2.33. The Morgan fingerprint density at radius 3 is 2.58 bits per heavy atom. The van der Waals surface area contributed by atoms with Crippen LogP contribution in [-0.2, 0) is 16.2 Å². The van der Waals surface area contributed by atoms with Gasteiger partial charge in [0.2, 0.25) is 16.0 Å². The number of aryl methyl sites for hydroxylation is 1. The monoisotopic (exact) mass is 471 g/mol. The Kier molecular flexibility index (Phi) is 6.62. The highest BCUT2D eigenvalue weighted by molar-refractivity contribution is 7.88. The van der Waals surface area contributed by atoms with Gasteiger partial charge >= 0.3 is 6.18 Å². The Morgan fingerprint density at radius 2 is 1.94 bits per heavy atom. The molecule has 2 heterocycles. The third-order valence-electron chi connectivity index (χ3n) is 4.15. The van der Waals surface area contributed by atoms with E-state index in [0.717, 1.165) is 34.5 Å². The number of hydrogen-bond donors (Lipinski definition) is 2. The summed E-state index contributed by atoms with van der Waals surface area (Å²) in [4.78, 5) is 12.5. The molecule has 7 nitrogen and oxygen atoms in total. The molecule has 1 unspecified atom stereocenters. The minimum Gasteiger partial charge on any atom is -0.324 e. The number of aromatic nitrogens is 3. The molecule has 1 aromatic carbocycles. The van der Waals surface area contributed by atoms with Crippen LogP contribution < -0.4 is 10.0 Å². The molecular formula is C19H20F3N5O2S2. The van der Waals surface area contributed by atoms with Crippen LogP contribution in [0.15, 0.2) is 36.7 Å². The van der Waals surface area contributed by atoms with Gasteiger partial charge in [0.1, 0.15) is 10.7 Å². The van der Waals surface area contributed by atoms with Crippen LogP contribution in [0.4, 0.5) is 24.8 Å². The fourth-order valence-corrected chi connectivity index (χ4v) is 4.76. The van der Waals surface area contributed by atoms with Gasteiger partial charge in [0.25, 0.3) is 0 Å². The summed E-state index contributed by atoms with van der Waals surface area (Å²) in [5, 5.41) is 3.43. The van der Waals surface area contributed by atoms with Crippen LogP contribution in [-0.4, -0.2) is 29.6 Å². The van der Waals surface area contributed by atoms with Gasteiger partial charge in [-0.1, -0.05) is 13.0 Å². The van der Waals surface area contributed by atoms with E-state index in [9.17, 15) is 21.6 Å². The summed E-state index contributed by atoms with van der Waals surface area (Å²) >= 11 is 1.34. The lowest BCUT2D eigenvalue weighted by Crippen LogP contribution is -2.26. The molecular weight excluding hydrogens is 451 g/mol. The van der Waals surface area contributed by atoms with Gasteiger partial charge in [-0.25, -0.2) is 28.1 Å². The minimum atomic E-state index is -4.56. The molecule has 3 rings (SSSR count). The number of benzene rings is 1. The maximum absolute atomic E-state index is 12.9. The van der Waals surface area contributed by atoms with Crippen LogP contribution in [0.5, 0.6) is 0 Å². The van der Waals surface area contributed by atoms with Crippen LogP contribution in [0.1, 0.15) is 35.7 Å². The normalized spacial score (nSPS) is 13.2. The van der Waals surface area contributed by atoms with Crippen molar-refractivity contribution in [1.82, 2.24) is 19.7 Å². The van der Waals surface area contributed by atoms with E-state index < -0.39 is 27.9 Å². The van der Waals surface area contributed by atoms with Crippen molar-refractivity contribution < 1.29 is 21.6 Å². The van der Waals surface area contributed by atoms with Crippen LogP contribution in [0.25, 0.3) is 10.4 Å². The van der Waals surface area contributed by atoms with Gasteiger partial charge < -0.3 is 5.32 Å². The first-order valence-corrected chi connectivity index (χ1v) is 11.9. The number of sulfonamides is 1. The predicted octanol–water partition coefficient (Wildman–Crippen LogP) is 4.67. The van der Waals surface area contributed by atoms with Gasteiger partial charge in [0, 0.05) is 18.1 Å². The van der Waals surface area contributed by atoms with Gasteiger partial charge in [0.15, 0.2) is 0 Å². The van der Waals surface area contributed by atoms with Gasteiger partial charge in [0.05, 0.1) is 17.2 Å². The van der Waals surface area contributed by atoms with E-state index in [1.165, 1.54) is 11.3 Å². The van der Waals surface area contributed by atoms with Crippen molar-refractivity contribution >= 4 is 33.0 Å². The summed E-state index contributed by atoms with van der Waals surface area (Å²) in [6, 6.07) is 5.78. The SMILES string of the molecule is CCC(NS(C)(=O)=O)c1ncc(-c2cc(C)cc(Nc3nccc(C(F)(F)F)n3)c2)s1. The standard InChI is InChI=1S/C19H20F3N5O2S2/c1-4-14(27-31(3,28)29)17-24-10-15(30-17)12-7-11(2)8-13(9-12)25-18-23-6-5-16(26-18)19(20,21)22/h5-10,14,27H,4H2,1-3H3,(H,23,25,26). The summed E-state index contributed by atoms with van der Waals surface area (Å²) in [5.41, 5.74) is 1.13. The first kappa shape index (κ1) is 23.1. The molecule has 0 radical (unpaired) electrons. The molecule has 0 saturated carbocycles. The number of nitrogens with zero attached hydrogens (tertiary/aromatic N) is 3. The molecule has 3 aromatic rings. The highest BCUT2D eigenvalue weighted by Gasteiger charge is 2.32. The molecule has 0 saturated heterocycles. The van der Waals surface area contributed by atoms with Crippen molar-refractivity contribution in [2.24, 2.45) is 0 Å². The average molecular weight is 472 g/mol. The topological polar surface area (TPSA) is 96.9 Å². The molecule has 12 heteroatoms. The third kappa shape index (κ3) is 6.21. The van der Waals surface area contributed by atoms with E-state index in [0.29, 0.717) is 17.1 Å². The van der Waals surface area contributed by atoms with Gasteiger partial charge in [-0.15, -0.1) is 11.3 Å². The lowest BCUT2D eigenvalue weighted by Gasteiger charge is -2.12. The van der Waals surface area contributed by atoms with Crippen molar-refractivity contribution in [1.29, 1.82) is 0 Å². The molecule has 0 spiro atoms. The second-order valence-corrected chi connectivity index (χ2v) is 9.73. The first-order chi connectivity index (χ1) is 14.4. The quantitative estimate of drug-likeness (QED) is 0.520. The first-order valence-electron chi connectivity index (χ1n) is 9.17. The molecule has 31 heavy (non-hydrogen) atoms. The van der Waals surface area contributed by atoms with Gasteiger partial charge in [-0.05, 0) is 42.7 Å². The number of hydrogen-bond acceptors (Lipinski definition) is 7. The van der Waals surface area contributed by atoms with Crippen LogP contribution in [0.3, 0.4) is 0 Å². The van der Waals surface area contributed by atoms with E-state index in [1.807, 2.05) is 19.9 Å². The Hall–Kier alpha value is -2.57. The van der Waals surface area contributed by atoms with Crippen molar-refractivity contribution in [2.45, 2.75) is 32.5 Å². The number of halogens is 3. The summed E-state index contributed by atoms with van der Waals surface area (Å²) in [7, 11) is -3.39. The summed E-state index contributed by atoms with van der Waals surface area (Å²) in [6.07, 6.45) is -0.242. The maximum atomic E-state index is 12.9. The Morgan fingerprint density at radius 1 is 1.19 bits per heavy atom. The molecule has 0 aliphatic rings. The van der Waals surface area contributed by atoms with E-state index >= 15 is 0 Å². The number of nitrogens with one attached hydrogen (secondary N) is 2. The summed E-state index contributed by atoms with van der Waals surface area (Å²) < 4.78 is 64.4. The molecule has 2 N–H and O–H groups in total. The zero-order valence-corrected chi connectivity index (χ0v) is 18.5. The lowest BCUT2D eigenvalue weighted by atomic mass is 10.1. The van der Waals surface area contributed by atoms with Crippen LogP contribution in [0, 0.1) is 6.92 Å². The predicted molar refractivity (Wildman–Crippen MR) is 114 cm³/mol. The number of rotatable bonds is 7. The largest absolute Gasteiger partial charge is 0.433 e. The van der Waals surface area contributed by atoms with Gasteiger partial charge in [-0.2, -0.15) is 13.2 Å². The van der Waals surface area contributed by atoms with Crippen LogP contribution >= 0.6 is 11.3 Å². The van der Waals surface area contributed by atoms with Crippen molar-refractivity contribution in [3.63, 3.8) is 0 Å². The number of thiazole rings is 1. The maximum Gasteiger partial charge on any atom is 0.433 e. The lowest BCUT2D eigenvalue weighted by molar-refractivity contribution is -0.141. The molecule has 0 aliphatic carbocycles. The number of anilines is 2. The molecule has 2 aromatic heterocycles. The smallest absolute Gasteiger partial charge is 0.324 e. The van der Waals surface area contributed by atoms with E-state index in [-0.39, 0.29) is 5.95 Å². The minimum absolute atomic E-state index is 0.167. The van der Waals surface area contributed by atoms with Gasteiger partial charge in [-0.3, -0.25) is 0 Å². The molecule has 166 valence electrons. The summed E-state index contributed by atoms with van der Waals surface area (Å²) in [6.45, 7) is 3.71. The fraction of sp³-hybridized carbons (Fsp3) is 0.316. The number of alkyl halides is 3. The zero-order valence-electron chi connectivity index (χ0n) is 16.9. The second-order valence-electron chi connectivity index (χ2n) is 6.89. The molecule has 0 fully saturated rings. The Bertz CT molecular complexity index is 1180. The summed E-state index contributed by atoms with van der Waals surface area (Å²) in [5.74, 6) is -0.167. The van der Waals surface area contributed by atoms with Crippen molar-refractivity contribution in [2.75, 3.05) is 11.6 Å². The molecule has 0 amide bonds. The van der Waals surface area contributed by atoms with E-state index in [4.69, 9.17) is 0 Å². The Balaban J connectivity index is 1.88. The van der Waals surface area contributed by atoms with E-state index in [1.54, 1.807) is 18.3 Å². The zero-order chi connectivity index (χ0) is 22.8. The Labute approximate surface area is 181 Å². The highest BCUT2D eigenvalue weighted by atomic mass is 32.2. The van der Waals surface area contributed by atoms with E-state index in [2.05, 4.69) is 25.0 Å². The molecule has 0 bridgehead atoms. The average Bonchev–Trinajstić information content (AvgIpc) is 3.14. The second kappa shape index (κ2) is 8.89. The third-order valence-corrected chi connectivity index (χ3v) is 6.02. The van der Waals surface area contributed by atoms with Crippen LogP contribution in [0.2, 0.25) is 0 Å².